The zero-order chi connectivity index (χ0) is 22.9. The monoisotopic (exact) mass is 458 g/mol. The van der Waals surface area contributed by atoms with Crippen LogP contribution in [0, 0.1) is 17.5 Å². The van der Waals surface area contributed by atoms with Gasteiger partial charge in [-0.05, 0) is 36.2 Å². The number of nitrogens with zero attached hydrogens (tertiary/aromatic N) is 3. The molecule has 0 radical (unpaired) electrons. The van der Waals surface area contributed by atoms with E-state index in [1.54, 1.807) is 12.1 Å². The fourth-order valence-electron chi connectivity index (χ4n) is 3.77. The molecule has 174 valence electrons. The van der Waals surface area contributed by atoms with Crippen molar-refractivity contribution < 1.29 is 18.0 Å². The molecule has 0 bridgehead atoms. The quantitative estimate of drug-likeness (QED) is 0.542. The second-order valence-electron chi connectivity index (χ2n) is 7.81. The molecule has 1 saturated heterocycles. The molecule has 3 aromatic rings. The van der Waals surface area contributed by atoms with Crippen LogP contribution in [0.2, 0.25) is 0 Å². The number of benzene rings is 2. The molecular formula is C23H25F3N6O. The van der Waals surface area contributed by atoms with Gasteiger partial charge in [-0.2, -0.15) is 0 Å². The number of anilines is 2. The van der Waals surface area contributed by atoms with Crippen molar-refractivity contribution in [2.75, 3.05) is 30.3 Å². The zero-order valence-electron chi connectivity index (χ0n) is 17.0. The van der Waals surface area contributed by atoms with Gasteiger partial charge in [0.2, 0.25) is 0 Å². The Labute approximate surface area is 189 Å². The maximum Gasteiger partial charge on any atom is 0.254 e. The Kier molecular flexibility index (Phi) is 6.87. The van der Waals surface area contributed by atoms with E-state index in [0.29, 0.717) is 42.5 Å². The number of halogens is 3. The summed E-state index contributed by atoms with van der Waals surface area (Å²) >= 11 is 0. The number of hydrogen-bond donors (Lipinski definition) is 3. The van der Waals surface area contributed by atoms with Crippen molar-refractivity contribution in [3.05, 3.63) is 71.8 Å². The highest BCUT2D eigenvalue weighted by Gasteiger charge is 2.37. The molecule has 1 aromatic heterocycles. The third kappa shape index (κ3) is 5.06. The smallest absolute Gasteiger partial charge is 0.254 e. The lowest BCUT2D eigenvalue weighted by Crippen LogP contribution is -2.52. The highest BCUT2D eigenvalue weighted by Crippen LogP contribution is 2.35. The van der Waals surface area contributed by atoms with Crippen LogP contribution >= 0.6 is 0 Å². The molecule has 0 spiro atoms. The van der Waals surface area contributed by atoms with Gasteiger partial charge in [-0.25, -0.2) is 23.1 Å². The number of nitrogen functional groups attached to an aromatic ring is 1. The van der Waals surface area contributed by atoms with Crippen molar-refractivity contribution in [2.45, 2.75) is 19.4 Å². The van der Waals surface area contributed by atoms with E-state index in [0.717, 1.165) is 12.1 Å². The number of nitrogens with two attached hydrogens (primary N) is 2. The summed E-state index contributed by atoms with van der Waals surface area (Å²) < 4.78 is 40.3. The van der Waals surface area contributed by atoms with Gasteiger partial charge in [-0.3, -0.25) is 4.79 Å². The molecule has 1 aliphatic rings. The van der Waals surface area contributed by atoms with Gasteiger partial charge >= 0.3 is 0 Å². The van der Waals surface area contributed by atoms with Crippen LogP contribution in [0.3, 0.4) is 0 Å². The first-order valence-electron chi connectivity index (χ1n) is 9.89. The molecule has 33 heavy (non-hydrogen) atoms. The van der Waals surface area contributed by atoms with Crippen molar-refractivity contribution in [1.29, 1.82) is 0 Å². The van der Waals surface area contributed by atoms with E-state index in [4.69, 9.17) is 11.5 Å². The van der Waals surface area contributed by atoms with E-state index in [2.05, 4.69) is 15.3 Å². The van der Waals surface area contributed by atoms with Crippen molar-refractivity contribution >= 4 is 17.5 Å². The van der Waals surface area contributed by atoms with Gasteiger partial charge in [-0.15, -0.1) is 0 Å². The maximum absolute atomic E-state index is 13.9. The topological polar surface area (TPSA) is 110 Å². The summed E-state index contributed by atoms with van der Waals surface area (Å²) in [6, 6.07) is 8.60. The summed E-state index contributed by atoms with van der Waals surface area (Å²) in [6.45, 7) is 0.942. The zero-order valence-corrected chi connectivity index (χ0v) is 17.0. The normalized spacial score (nSPS) is 17.5. The fraction of sp³-hybridized carbons (Fsp3) is 0.261. The molecule has 5 N–H and O–H groups in total. The molecule has 4 rings (SSSR count). The number of nitrogens with one attached hydrogen (secondary N) is 1. The largest absolute Gasteiger partial charge is 0.383 e. The lowest BCUT2D eigenvalue weighted by molar-refractivity contribution is 0.0941. The molecule has 1 fully saturated rings. The number of hydrogen-bond acceptors (Lipinski definition) is 6. The fourth-order valence-corrected chi connectivity index (χ4v) is 3.77. The Morgan fingerprint density at radius 3 is 2.48 bits per heavy atom. The maximum atomic E-state index is 13.9. The van der Waals surface area contributed by atoms with E-state index in [1.807, 2.05) is 4.90 Å². The van der Waals surface area contributed by atoms with Gasteiger partial charge in [0.25, 0.3) is 5.91 Å². The first-order chi connectivity index (χ1) is 15.3. The molecular weight excluding hydrogens is 433 g/mol. The highest BCUT2D eigenvalue weighted by atomic mass is 19.1. The molecule has 0 saturated carbocycles. The van der Waals surface area contributed by atoms with Crippen LogP contribution in [0.25, 0.3) is 11.1 Å². The SMILES string of the molecule is C.Nc1ncnc(N2CC[C@@](N)(CNC(=O)c3ccc(F)cc3F)C2)c1-c1ccc(F)cc1. The number of carbonyl (C=O) groups excluding carboxylic acids is 1. The Morgan fingerprint density at radius 1 is 1.09 bits per heavy atom. The average molecular weight is 458 g/mol. The minimum atomic E-state index is -0.943. The van der Waals surface area contributed by atoms with Crippen LogP contribution < -0.4 is 21.7 Å². The minimum Gasteiger partial charge on any atom is -0.383 e. The van der Waals surface area contributed by atoms with Crippen LogP contribution in [0.4, 0.5) is 24.8 Å². The lowest BCUT2D eigenvalue weighted by Gasteiger charge is -2.26. The van der Waals surface area contributed by atoms with E-state index in [9.17, 15) is 18.0 Å². The third-order valence-corrected chi connectivity index (χ3v) is 5.45. The Bertz CT molecular complexity index is 1160. The molecule has 2 heterocycles. The van der Waals surface area contributed by atoms with E-state index >= 15 is 0 Å². The number of rotatable bonds is 5. The number of carbonyl (C=O) groups is 1. The second-order valence-corrected chi connectivity index (χ2v) is 7.81. The first kappa shape index (κ1) is 24.0. The Morgan fingerprint density at radius 2 is 1.79 bits per heavy atom. The Balaban J connectivity index is 0.00000306. The third-order valence-electron chi connectivity index (χ3n) is 5.45. The summed E-state index contributed by atoms with van der Waals surface area (Å²) in [7, 11) is 0. The van der Waals surface area contributed by atoms with Crippen LogP contribution in [0.5, 0.6) is 0 Å². The van der Waals surface area contributed by atoms with E-state index in [-0.39, 0.29) is 31.2 Å². The molecule has 10 heteroatoms. The molecule has 1 amide bonds. The second kappa shape index (κ2) is 9.45. The van der Waals surface area contributed by atoms with Gasteiger partial charge in [-0.1, -0.05) is 19.6 Å². The molecule has 0 unspecified atom stereocenters. The van der Waals surface area contributed by atoms with Crippen LogP contribution in [0.1, 0.15) is 24.2 Å². The predicted octanol–water partition coefficient (Wildman–Crippen LogP) is 3.12. The lowest BCUT2D eigenvalue weighted by atomic mass is 10.00. The molecule has 1 atom stereocenters. The average Bonchev–Trinajstić information content (AvgIpc) is 3.15. The summed E-state index contributed by atoms with van der Waals surface area (Å²) in [5.74, 6) is -1.96. The van der Waals surface area contributed by atoms with E-state index in [1.165, 1.54) is 18.5 Å². The molecule has 2 aromatic carbocycles. The summed E-state index contributed by atoms with van der Waals surface area (Å²) in [5.41, 5.74) is 12.7. The van der Waals surface area contributed by atoms with Crippen LogP contribution in [-0.4, -0.2) is 41.0 Å². The standard InChI is InChI=1S/C22H21F3N6O.CH4/c23-14-3-1-13(2-4-14)18-19(26)29-12-30-20(18)31-8-7-22(27,11-31)10-28-21(32)16-6-5-15(24)9-17(16)25;/h1-6,9,12H,7-8,10-11,27H2,(H,28,32)(H2,26,29,30);1H4/t22-;/m1./s1. The molecule has 7 nitrogen and oxygen atoms in total. The van der Waals surface area contributed by atoms with Gasteiger partial charge in [0, 0.05) is 25.7 Å². The number of aromatic nitrogens is 2. The molecule has 1 aliphatic heterocycles. The highest BCUT2D eigenvalue weighted by molar-refractivity contribution is 5.94. The summed E-state index contributed by atoms with van der Waals surface area (Å²) in [4.78, 5) is 22.7. The van der Waals surface area contributed by atoms with Gasteiger partial charge in [0.1, 0.15) is 35.4 Å². The first-order valence-corrected chi connectivity index (χ1v) is 9.89. The minimum absolute atomic E-state index is 0. The Hall–Kier alpha value is -3.66. The number of amides is 1. The summed E-state index contributed by atoms with van der Waals surface area (Å²) in [6.07, 6.45) is 1.86. The molecule has 0 aliphatic carbocycles. The van der Waals surface area contributed by atoms with Crippen molar-refractivity contribution in [2.24, 2.45) is 5.73 Å². The van der Waals surface area contributed by atoms with Crippen LogP contribution in [0.15, 0.2) is 48.8 Å². The van der Waals surface area contributed by atoms with Crippen molar-refractivity contribution in [3.8, 4) is 11.1 Å². The van der Waals surface area contributed by atoms with Crippen LogP contribution in [-0.2, 0) is 0 Å². The predicted molar refractivity (Wildman–Crippen MR) is 121 cm³/mol. The summed E-state index contributed by atoms with van der Waals surface area (Å²) in [5, 5.41) is 2.63. The van der Waals surface area contributed by atoms with E-state index < -0.39 is 23.1 Å². The van der Waals surface area contributed by atoms with Gasteiger partial charge < -0.3 is 21.7 Å². The van der Waals surface area contributed by atoms with Crippen molar-refractivity contribution in [1.82, 2.24) is 15.3 Å². The van der Waals surface area contributed by atoms with Gasteiger partial charge in [0.15, 0.2) is 0 Å². The van der Waals surface area contributed by atoms with Gasteiger partial charge in [0.05, 0.1) is 16.7 Å². The van der Waals surface area contributed by atoms with Crippen molar-refractivity contribution in [3.63, 3.8) is 0 Å².